The molecule has 0 aromatic heterocycles. The number of aromatic hydroxyl groups is 1. The minimum Gasteiger partial charge on any atom is -0.505 e. The molecule has 1 aliphatic rings. The lowest BCUT2D eigenvalue weighted by Gasteiger charge is -2.17. The third-order valence-electron chi connectivity index (χ3n) is 3.92. The largest absolute Gasteiger partial charge is 0.505 e. The van der Waals surface area contributed by atoms with Crippen LogP contribution in [0.3, 0.4) is 0 Å². The van der Waals surface area contributed by atoms with Crippen molar-refractivity contribution in [1.29, 1.82) is 0 Å². The van der Waals surface area contributed by atoms with E-state index in [9.17, 15) is 9.50 Å². The molecule has 122 valence electrons. The number of nitrogens with one attached hydrogen (secondary N) is 1. The zero-order valence-electron chi connectivity index (χ0n) is 13.0. The van der Waals surface area contributed by atoms with Crippen molar-refractivity contribution in [3.05, 3.63) is 53.3 Å². The number of phenols is 1. The van der Waals surface area contributed by atoms with E-state index in [0.717, 1.165) is 29.0 Å². The van der Waals surface area contributed by atoms with Gasteiger partial charge in [0, 0.05) is 24.6 Å². The Kier molecular flexibility index (Phi) is 4.67. The maximum absolute atomic E-state index is 13.1. The fourth-order valence-corrected chi connectivity index (χ4v) is 2.57. The van der Waals surface area contributed by atoms with Crippen LogP contribution in [0.4, 0.5) is 4.39 Å². The van der Waals surface area contributed by atoms with E-state index in [2.05, 4.69) is 5.32 Å². The van der Waals surface area contributed by atoms with Gasteiger partial charge >= 0.3 is 0 Å². The van der Waals surface area contributed by atoms with Gasteiger partial charge in [-0.2, -0.15) is 0 Å². The lowest BCUT2D eigenvalue weighted by molar-refractivity contribution is 0.295. The van der Waals surface area contributed by atoms with Gasteiger partial charge in [-0.25, -0.2) is 4.39 Å². The number of hydrogen-bond donors (Lipinski definition) is 2. The number of benzene rings is 2. The third-order valence-corrected chi connectivity index (χ3v) is 3.92. The van der Waals surface area contributed by atoms with E-state index in [1.807, 2.05) is 25.1 Å². The summed E-state index contributed by atoms with van der Waals surface area (Å²) in [7, 11) is 0. The molecule has 1 heterocycles. The Bertz CT molecular complexity index is 690. The van der Waals surface area contributed by atoms with E-state index in [1.54, 1.807) is 6.07 Å². The maximum Gasteiger partial charge on any atom is 0.165 e. The van der Waals surface area contributed by atoms with Gasteiger partial charge < -0.3 is 19.9 Å². The molecule has 0 fully saturated rings. The first-order valence-electron chi connectivity index (χ1n) is 7.74. The van der Waals surface area contributed by atoms with Crippen LogP contribution >= 0.6 is 0 Å². The summed E-state index contributed by atoms with van der Waals surface area (Å²) < 4.78 is 24.6. The van der Waals surface area contributed by atoms with E-state index >= 15 is 0 Å². The van der Waals surface area contributed by atoms with Crippen LogP contribution in [0.5, 0.6) is 17.2 Å². The first kappa shape index (κ1) is 15.6. The molecule has 0 aliphatic carbocycles. The molecular weight excluding hydrogens is 297 g/mol. The predicted molar refractivity (Wildman–Crippen MR) is 85.4 cm³/mol. The van der Waals surface area contributed by atoms with Gasteiger partial charge in [-0.1, -0.05) is 18.2 Å². The molecule has 0 spiro atoms. The quantitative estimate of drug-likeness (QED) is 0.905. The first-order valence-corrected chi connectivity index (χ1v) is 7.74. The third kappa shape index (κ3) is 3.56. The fraction of sp³-hybridized carbons (Fsp3) is 0.333. The van der Waals surface area contributed by atoms with Crippen molar-refractivity contribution in [3.63, 3.8) is 0 Å². The summed E-state index contributed by atoms with van der Waals surface area (Å²) in [6, 6.07) is 10.2. The SMILES string of the molecule is CC(NCc1cccc2c1OCCCO2)c1ccc(F)c(O)c1. The van der Waals surface area contributed by atoms with Crippen molar-refractivity contribution in [3.8, 4) is 17.2 Å². The van der Waals surface area contributed by atoms with Crippen LogP contribution in [0.1, 0.15) is 30.5 Å². The van der Waals surface area contributed by atoms with E-state index in [4.69, 9.17) is 9.47 Å². The Morgan fingerprint density at radius 3 is 2.87 bits per heavy atom. The summed E-state index contributed by atoms with van der Waals surface area (Å²) in [6.45, 7) is 3.86. The average Bonchev–Trinajstić information content (AvgIpc) is 2.81. The van der Waals surface area contributed by atoms with Crippen molar-refractivity contribution < 1.29 is 19.0 Å². The highest BCUT2D eigenvalue weighted by atomic mass is 19.1. The highest BCUT2D eigenvalue weighted by molar-refractivity contribution is 5.47. The molecule has 1 atom stereocenters. The minimum atomic E-state index is -0.611. The number of rotatable bonds is 4. The van der Waals surface area contributed by atoms with Gasteiger partial charge in [0.15, 0.2) is 23.1 Å². The Morgan fingerprint density at radius 1 is 1.22 bits per heavy atom. The number of hydrogen-bond acceptors (Lipinski definition) is 4. The molecule has 1 aliphatic heterocycles. The molecule has 2 aromatic rings. The second-order valence-electron chi connectivity index (χ2n) is 5.61. The van der Waals surface area contributed by atoms with Crippen molar-refractivity contribution in [2.45, 2.75) is 25.9 Å². The molecular formula is C18H20FNO3. The number of phenolic OH excluding ortho intramolecular Hbond substituents is 1. The molecule has 5 heteroatoms. The van der Waals surface area contributed by atoms with Crippen LogP contribution in [0.2, 0.25) is 0 Å². The van der Waals surface area contributed by atoms with Crippen molar-refractivity contribution in [2.75, 3.05) is 13.2 Å². The molecule has 4 nitrogen and oxygen atoms in total. The Labute approximate surface area is 134 Å². The zero-order valence-corrected chi connectivity index (χ0v) is 13.0. The highest BCUT2D eigenvalue weighted by Crippen LogP contribution is 2.33. The maximum atomic E-state index is 13.1. The summed E-state index contributed by atoms with van der Waals surface area (Å²) in [5, 5.41) is 12.8. The Balaban J connectivity index is 1.71. The Hall–Kier alpha value is -2.27. The van der Waals surface area contributed by atoms with Gasteiger partial charge in [0.05, 0.1) is 13.2 Å². The molecule has 1 unspecified atom stereocenters. The molecule has 0 radical (unpaired) electrons. The summed E-state index contributed by atoms with van der Waals surface area (Å²) >= 11 is 0. The van der Waals surface area contributed by atoms with Crippen molar-refractivity contribution >= 4 is 0 Å². The second-order valence-corrected chi connectivity index (χ2v) is 5.61. The molecule has 0 bridgehead atoms. The molecule has 0 saturated carbocycles. The lowest BCUT2D eigenvalue weighted by Crippen LogP contribution is -2.18. The van der Waals surface area contributed by atoms with Gasteiger partial charge in [0.2, 0.25) is 0 Å². The summed E-state index contributed by atoms with van der Waals surface area (Å²) in [6.07, 6.45) is 0.868. The van der Waals surface area contributed by atoms with Gasteiger partial charge in [0.25, 0.3) is 0 Å². The van der Waals surface area contributed by atoms with Gasteiger partial charge in [0.1, 0.15) is 0 Å². The summed E-state index contributed by atoms with van der Waals surface area (Å²) in [5.41, 5.74) is 1.84. The first-order chi connectivity index (χ1) is 11.1. The molecule has 0 saturated heterocycles. The van der Waals surface area contributed by atoms with Crippen LogP contribution in [0.25, 0.3) is 0 Å². The molecule has 23 heavy (non-hydrogen) atoms. The molecule has 2 N–H and O–H groups in total. The van der Waals surface area contributed by atoms with Gasteiger partial charge in [-0.15, -0.1) is 0 Å². The normalized spacial score (nSPS) is 15.0. The molecule has 0 amide bonds. The standard InChI is InChI=1S/C18H20FNO3/c1-12(13-6-7-15(19)16(21)10-13)20-11-14-4-2-5-17-18(14)23-9-3-8-22-17/h2,4-7,10,12,20-21H,3,8-9,11H2,1H3. The fourth-order valence-electron chi connectivity index (χ4n) is 2.57. The number of halogens is 1. The second kappa shape index (κ2) is 6.87. The van der Waals surface area contributed by atoms with E-state index in [0.29, 0.717) is 19.8 Å². The summed E-state index contributed by atoms with van der Waals surface area (Å²) in [4.78, 5) is 0. The monoisotopic (exact) mass is 317 g/mol. The van der Waals surface area contributed by atoms with Crippen LogP contribution in [0.15, 0.2) is 36.4 Å². The van der Waals surface area contributed by atoms with E-state index in [1.165, 1.54) is 12.1 Å². The van der Waals surface area contributed by atoms with Gasteiger partial charge in [-0.05, 0) is 30.7 Å². The zero-order chi connectivity index (χ0) is 16.2. The average molecular weight is 317 g/mol. The van der Waals surface area contributed by atoms with Crippen LogP contribution in [0, 0.1) is 5.82 Å². The van der Waals surface area contributed by atoms with Gasteiger partial charge in [-0.3, -0.25) is 0 Å². The van der Waals surface area contributed by atoms with Crippen LogP contribution in [-0.2, 0) is 6.54 Å². The molecule has 3 rings (SSSR count). The number of ether oxygens (including phenoxy) is 2. The summed E-state index contributed by atoms with van der Waals surface area (Å²) in [5.74, 6) is 0.613. The minimum absolute atomic E-state index is 0.0379. The Morgan fingerprint density at radius 2 is 2.04 bits per heavy atom. The van der Waals surface area contributed by atoms with Crippen molar-refractivity contribution in [1.82, 2.24) is 5.32 Å². The smallest absolute Gasteiger partial charge is 0.165 e. The topological polar surface area (TPSA) is 50.7 Å². The number of para-hydroxylation sites is 1. The van der Waals surface area contributed by atoms with Crippen LogP contribution in [-0.4, -0.2) is 18.3 Å². The highest BCUT2D eigenvalue weighted by Gasteiger charge is 2.15. The van der Waals surface area contributed by atoms with Crippen LogP contribution < -0.4 is 14.8 Å². The van der Waals surface area contributed by atoms with E-state index in [-0.39, 0.29) is 11.8 Å². The lowest BCUT2D eigenvalue weighted by atomic mass is 10.1. The molecule has 2 aromatic carbocycles. The van der Waals surface area contributed by atoms with Crippen molar-refractivity contribution in [2.24, 2.45) is 0 Å². The number of fused-ring (bicyclic) bond motifs is 1. The predicted octanol–water partition coefficient (Wildman–Crippen LogP) is 3.54. The van der Waals surface area contributed by atoms with E-state index < -0.39 is 5.82 Å².